The standard InChI is InChI=1S/C21H17N3O5/c1-28-16-6-4-5-14(10-16)9-15(11-22)21(27)29-13-20(26)24-12-19(25)23-17-7-2-3-8-18(17)24/h2-10H,12-13H2,1H3,(H,23,25)/b15-9+. The van der Waals surface area contributed by atoms with Crippen molar-refractivity contribution in [2.24, 2.45) is 0 Å². The normalized spacial score (nSPS) is 13.0. The molecule has 0 saturated carbocycles. The fraction of sp³-hybridized carbons (Fsp3) is 0.143. The molecule has 1 heterocycles. The number of hydrogen-bond acceptors (Lipinski definition) is 6. The molecule has 8 nitrogen and oxygen atoms in total. The molecule has 146 valence electrons. The van der Waals surface area contributed by atoms with Gasteiger partial charge in [-0.05, 0) is 35.9 Å². The van der Waals surface area contributed by atoms with Crippen LogP contribution in [0.1, 0.15) is 5.56 Å². The van der Waals surface area contributed by atoms with Gasteiger partial charge in [-0.25, -0.2) is 4.79 Å². The number of nitrogens with zero attached hydrogens (tertiary/aromatic N) is 2. The number of benzene rings is 2. The quantitative estimate of drug-likeness (QED) is 0.475. The Morgan fingerprint density at radius 2 is 2.03 bits per heavy atom. The van der Waals surface area contributed by atoms with E-state index in [-0.39, 0.29) is 18.0 Å². The maximum absolute atomic E-state index is 12.5. The number of anilines is 2. The highest BCUT2D eigenvalue weighted by atomic mass is 16.5. The average Bonchev–Trinajstić information content (AvgIpc) is 2.75. The highest BCUT2D eigenvalue weighted by Crippen LogP contribution is 2.28. The van der Waals surface area contributed by atoms with Crippen LogP contribution < -0.4 is 15.0 Å². The SMILES string of the molecule is COc1cccc(/C=C(\C#N)C(=O)OCC(=O)N2CC(=O)Nc3ccccc32)c1. The van der Waals surface area contributed by atoms with Crippen LogP contribution in [0.4, 0.5) is 11.4 Å². The Kier molecular flexibility index (Phi) is 5.90. The van der Waals surface area contributed by atoms with E-state index in [0.717, 1.165) is 0 Å². The first-order valence-electron chi connectivity index (χ1n) is 8.64. The van der Waals surface area contributed by atoms with E-state index < -0.39 is 18.5 Å². The molecule has 0 spiro atoms. The number of nitriles is 1. The zero-order valence-electron chi connectivity index (χ0n) is 15.5. The van der Waals surface area contributed by atoms with E-state index in [1.165, 1.54) is 18.1 Å². The maximum atomic E-state index is 12.5. The fourth-order valence-electron chi connectivity index (χ4n) is 2.77. The molecule has 3 rings (SSSR count). The van der Waals surface area contributed by atoms with Crippen molar-refractivity contribution < 1.29 is 23.9 Å². The van der Waals surface area contributed by atoms with E-state index in [4.69, 9.17) is 9.47 Å². The van der Waals surface area contributed by atoms with Gasteiger partial charge in [-0.3, -0.25) is 14.5 Å². The fourth-order valence-corrected chi connectivity index (χ4v) is 2.77. The number of esters is 1. The van der Waals surface area contributed by atoms with E-state index in [1.54, 1.807) is 54.6 Å². The van der Waals surface area contributed by atoms with Gasteiger partial charge in [-0.15, -0.1) is 0 Å². The number of para-hydroxylation sites is 2. The Morgan fingerprint density at radius 3 is 2.79 bits per heavy atom. The van der Waals surface area contributed by atoms with Gasteiger partial charge in [0, 0.05) is 0 Å². The van der Waals surface area contributed by atoms with Crippen molar-refractivity contribution in [3.8, 4) is 11.8 Å². The number of hydrogen-bond donors (Lipinski definition) is 1. The van der Waals surface area contributed by atoms with Gasteiger partial charge in [-0.2, -0.15) is 5.26 Å². The number of ether oxygens (including phenoxy) is 2. The molecule has 0 radical (unpaired) electrons. The van der Waals surface area contributed by atoms with Gasteiger partial charge in [0.1, 0.15) is 23.9 Å². The Balaban J connectivity index is 1.69. The van der Waals surface area contributed by atoms with Crippen LogP contribution in [0.3, 0.4) is 0 Å². The Hall–Kier alpha value is -4.12. The molecule has 29 heavy (non-hydrogen) atoms. The van der Waals surface area contributed by atoms with Crippen molar-refractivity contribution in [3.05, 3.63) is 59.7 Å². The summed E-state index contributed by atoms with van der Waals surface area (Å²) in [6, 6.07) is 15.4. The second-order valence-corrected chi connectivity index (χ2v) is 6.07. The van der Waals surface area contributed by atoms with Crippen LogP contribution in [0.15, 0.2) is 54.1 Å². The zero-order chi connectivity index (χ0) is 20.8. The predicted molar refractivity (Wildman–Crippen MR) is 105 cm³/mol. The first-order chi connectivity index (χ1) is 14.0. The molecule has 2 amide bonds. The summed E-state index contributed by atoms with van der Waals surface area (Å²) >= 11 is 0. The summed E-state index contributed by atoms with van der Waals surface area (Å²) in [4.78, 5) is 37.8. The summed E-state index contributed by atoms with van der Waals surface area (Å²) in [5.74, 6) is -1.28. The van der Waals surface area contributed by atoms with Crippen molar-refractivity contribution >= 4 is 35.2 Å². The molecule has 1 aliphatic heterocycles. The van der Waals surface area contributed by atoms with E-state index in [0.29, 0.717) is 22.7 Å². The molecule has 1 N–H and O–H groups in total. The topological polar surface area (TPSA) is 109 Å². The Bertz CT molecular complexity index is 1040. The highest BCUT2D eigenvalue weighted by Gasteiger charge is 2.27. The molecule has 2 aromatic carbocycles. The number of rotatable bonds is 5. The van der Waals surface area contributed by atoms with Crippen LogP contribution in [-0.4, -0.2) is 38.0 Å². The van der Waals surface area contributed by atoms with E-state index in [2.05, 4.69) is 5.32 Å². The minimum Gasteiger partial charge on any atom is -0.497 e. The van der Waals surface area contributed by atoms with Gasteiger partial charge >= 0.3 is 5.97 Å². The second-order valence-electron chi connectivity index (χ2n) is 6.07. The highest BCUT2D eigenvalue weighted by molar-refractivity contribution is 6.10. The number of carbonyl (C=O) groups excluding carboxylic acids is 3. The zero-order valence-corrected chi connectivity index (χ0v) is 15.5. The molecular formula is C21H17N3O5. The molecule has 0 aromatic heterocycles. The van der Waals surface area contributed by atoms with E-state index in [9.17, 15) is 19.6 Å². The number of methoxy groups -OCH3 is 1. The molecule has 0 fully saturated rings. The lowest BCUT2D eigenvalue weighted by Crippen LogP contribution is -2.44. The first-order valence-corrected chi connectivity index (χ1v) is 8.64. The van der Waals surface area contributed by atoms with Crippen molar-refractivity contribution in [1.82, 2.24) is 0 Å². The van der Waals surface area contributed by atoms with Crippen molar-refractivity contribution in [3.63, 3.8) is 0 Å². The molecule has 0 unspecified atom stereocenters. The maximum Gasteiger partial charge on any atom is 0.349 e. The molecule has 8 heteroatoms. The predicted octanol–water partition coefficient (Wildman–Crippen LogP) is 2.13. The molecule has 1 aliphatic rings. The van der Waals surface area contributed by atoms with Gasteiger partial charge in [-0.1, -0.05) is 24.3 Å². The lowest BCUT2D eigenvalue weighted by atomic mass is 10.1. The van der Waals surface area contributed by atoms with Gasteiger partial charge in [0.05, 0.1) is 18.5 Å². The number of fused-ring (bicyclic) bond motifs is 1. The summed E-state index contributed by atoms with van der Waals surface area (Å²) < 4.78 is 10.1. The van der Waals surface area contributed by atoms with E-state index in [1.807, 2.05) is 0 Å². The molecular weight excluding hydrogens is 374 g/mol. The third-order valence-corrected chi connectivity index (χ3v) is 4.14. The first kappa shape index (κ1) is 19.6. The van der Waals surface area contributed by atoms with Crippen molar-refractivity contribution in [2.75, 3.05) is 30.5 Å². The monoisotopic (exact) mass is 391 g/mol. The second kappa shape index (κ2) is 8.71. The van der Waals surface area contributed by atoms with Gasteiger partial charge < -0.3 is 14.8 Å². The van der Waals surface area contributed by atoms with Gasteiger partial charge in [0.2, 0.25) is 5.91 Å². The summed E-state index contributed by atoms with van der Waals surface area (Å²) in [6.45, 7) is -0.782. The average molecular weight is 391 g/mol. The molecule has 2 aromatic rings. The Labute approximate surface area is 166 Å². The van der Waals surface area contributed by atoms with Crippen LogP contribution in [0, 0.1) is 11.3 Å². The van der Waals surface area contributed by atoms with Crippen LogP contribution in [0.25, 0.3) is 6.08 Å². The van der Waals surface area contributed by atoms with Gasteiger partial charge in [0.15, 0.2) is 6.61 Å². The summed E-state index contributed by atoms with van der Waals surface area (Å²) in [7, 11) is 1.51. The summed E-state index contributed by atoms with van der Waals surface area (Å²) in [5, 5.41) is 11.9. The Morgan fingerprint density at radius 1 is 1.24 bits per heavy atom. The summed E-state index contributed by atoms with van der Waals surface area (Å²) in [6.07, 6.45) is 1.35. The minimum absolute atomic E-state index is 0.182. The van der Waals surface area contributed by atoms with Crippen LogP contribution in [-0.2, 0) is 19.1 Å². The molecule has 0 aliphatic carbocycles. The van der Waals surface area contributed by atoms with Crippen LogP contribution in [0.2, 0.25) is 0 Å². The molecule has 0 bridgehead atoms. The third-order valence-electron chi connectivity index (χ3n) is 4.14. The van der Waals surface area contributed by atoms with Crippen molar-refractivity contribution in [1.29, 1.82) is 5.26 Å². The third kappa shape index (κ3) is 4.59. The molecule has 0 atom stereocenters. The number of carbonyl (C=O) groups is 3. The lowest BCUT2D eigenvalue weighted by molar-refractivity contribution is -0.143. The number of amides is 2. The minimum atomic E-state index is -0.932. The van der Waals surface area contributed by atoms with Crippen LogP contribution >= 0.6 is 0 Å². The van der Waals surface area contributed by atoms with Crippen molar-refractivity contribution in [2.45, 2.75) is 0 Å². The van der Waals surface area contributed by atoms with Gasteiger partial charge in [0.25, 0.3) is 5.91 Å². The van der Waals surface area contributed by atoms with Crippen LogP contribution in [0.5, 0.6) is 5.75 Å². The largest absolute Gasteiger partial charge is 0.497 e. The summed E-state index contributed by atoms with van der Waals surface area (Å²) in [5.41, 5.74) is 1.33. The number of nitrogens with one attached hydrogen (secondary N) is 1. The van der Waals surface area contributed by atoms with E-state index >= 15 is 0 Å². The smallest absolute Gasteiger partial charge is 0.349 e. The molecule has 0 saturated heterocycles. The lowest BCUT2D eigenvalue weighted by Gasteiger charge is -2.28.